The van der Waals surface area contributed by atoms with Gasteiger partial charge in [-0.05, 0) is 12.0 Å². The molecule has 2 fully saturated rings. The molecule has 1 aliphatic carbocycles. The molecule has 0 aromatic heterocycles. The summed E-state index contributed by atoms with van der Waals surface area (Å²) < 4.78 is 0. The van der Waals surface area contributed by atoms with E-state index in [1.165, 1.54) is 10.5 Å². The van der Waals surface area contributed by atoms with Gasteiger partial charge in [0.15, 0.2) is 0 Å². The minimum Gasteiger partial charge on any atom is -0.302 e. The van der Waals surface area contributed by atoms with Gasteiger partial charge < -0.3 is 5.32 Å². The highest BCUT2D eigenvalue weighted by molar-refractivity contribution is 6.05. The van der Waals surface area contributed by atoms with Crippen molar-refractivity contribution in [3.05, 3.63) is 35.9 Å². The molecule has 1 aliphatic heterocycles. The molecule has 0 radical (unpaired) electrons. The van der Waals surface area contributed by atoms with Crippen LogP contribution in [0.5, 0.6) is 0 Å². The van der Waals surface area contributed by atoms with E-state index in [0.717, 1.165) is 6.42 Å². The van der Waals surface area contributed by atoms with Gasteiger partial charge in [-0.1, -0.05) is 30.3 Å². The van der Waals surface area contributed by atoms with Gasteiger partial charge in [-0.25, -0.2) is 0 Å². The van der Waals surface area contributed by atoms with E-state index in [0.29, 0.717) is 18.4 Å². The van der Waals surface area contributed by atoms with Crippen LogP contribution in [-0.4, -0.2) is 35.8 Å². The summed E-state index contributed by atoms with van der Waals surface area (Å²) in [5.41, 5.74) is 1.31. The van der Waals surface area contributed by atoms with Crippen LogP contribution in [-0.2, 0) is 9.59 Å². The molecule has 1 N–H and O–H groups in total. The van der Waals surface area contributed by atoms with Crippen LogP contribution >= 0.6 is 0 Å². The van der Waals surface area contributed by atoms with Crippen molar-refractivity contribution < 1.29 is 9.59 Å². The summed E-state index contributed by atoms with van der Waals surface area (Å²) in [7, 11) is 1.55. The Bertz CT molecular complexity index is 486. The first kappa shape index (κ1) is 11.4. The van der Waals surface area contributed by atoms with Gasteiger partial charge >= 0.3 is 0 Å². The van der Waals surface area contributed by atoms with Crippen molar-refractivity contribution >= 4 is 11.8 Å². The number of nitrogens with zero attached hydrogens (tertiary/aromatic N) is 1. The third-order valence-electron chi connectivity index (χ3n) is 3.81. The minimum absolute atomic E-state index is 0.0885. The van der Waals surface area contributed by atoms with Gasteiger partial charge in [0, 0.05) is 19.0 Å². The fourth-order valence-corrected chi connectivity index (χ4v) is 2.59. The highest BCUT2D eigenvalue weighted by atomic mass is 16.2. The molecule has 1 aromatic carbocycles. The normalized spacial score (nSPS) is 30.9. The maximum Gasteiger partial charge on any atom is 0.246 e. The van der Waals surface area contributed by atoms with Crippen molar-refractivity contribution in [2.24, 2.45) is 0 Å². The number of benzene rings is 1. The highest BCUT2D eigenvalue weighted by Gasteiger charge is 2.44. The van der Waals surface area contributed by atoms with Gasteiger partial charge in [0.25, 0.3) is 0 Å². The molecule has 4 heteroatoms. The molecule has 1 aromatic rings. The maximum absolute atomic E-state index is 11.8. The first-order valence-electron chi connectivity index (χ1n) is 6.28. The Morgan fingerprint density at radius 1 is 1.22 bits per heavy atom. The van der Waals surface area contributed by atoms with Crippen LogP contribution < -0.4 is 5.32 Å². The summed E-state index contributed by atoms with van der Waals surface area (Å²) in [5, 5.41) is 3.30. The highest BCUT2D eigenvalue weighted by Crippen LogP contribution is 2.41. The van der Waals surface area contributed by atoms with E-state index in [9.17, 15) is 9.59 Å². The summed E-state index contributed by atoms with van der Waals surface area (Å²) in [4.78, 5) is 24.4. The van der Waals surface area contributed by atoms with Crippen LogP contribution in [0.3, 0.4) is 0 Å². The number of nitrogens with one attached hydrogen (secondary N) is 1. The van der Waals surface area contributed by atoms with Crippen LogP contribution in [0.2, 0.25) is 0 Å². The van der Waals surface area contributed by atoms with Crippen molar-refractivity contribution in [2.45, 2.75) is 30.8 Å². The molecule has 2 aliphatic rings. The topological polar surface area (TPSA) is 49.4 Å². The Morgan fingerprint density at radius 3 is 2.56 bits per heavy atom. The van der Waals surface area contributed by atoms with Gasteiger partial charge in [-0.2, -0.15) is 0 Å². The Balaban J connectivity index is 1.61. The number of imide groups is 1. The molecular formula is C14H16N2O2. The van der Waals surface area contributed by atoms with Crippen molar-refractivity contribution in [3.63, 3.8) is 0 Å². The molecule has 1 saturated carbocycles. The Morgan fingerprint density at radius 2 is 1.94 bits per heavy atom. The molecule has 0 spiro atoms. The van der Waals surface area contributed by atoms with E-state index in [1.807, 2.05) is 18.2 Å². The van der Waals surface area contributed by atoms with E-state index in [1.54, 1.807) is 7.05 Å². The Kier molecular flexibility index (Phi) is 2.67. The standard InChI is InChI=1S/C14H16N2O2/c1-16-13(17)8-12(14(16)18)15-11-7-10(11)9-5-3-2-4-6-9/h2-6,10-12,15H,7-8H2,1H3. The van der Waals surface area contributed by atoms with Gasteiger partial charge in [0.2, 0.25) is 11.8 Å². The van der Waals surface area contributed by atoms with E-state index in [4.69, 9.17) is 0 Å². The predicted octanol–water partition coefficient (Wildman–Crippen LogP) is 0.889. The minimum atomic E-state index is -0.318. The van der Waals surface area contributed by atoms with Crippen molar-refractivity contribution in [1.29, 1.82) is 0 Å². The Labute approximate surface area is 106 Å². The molecule has 1 heterocycles. The largest absolute Gasteiger partial charge is 0.302 e. The third-order valence-corrected chi connectivity index (χ3v) is 3.81. The summed E-state index contributed by atoms with van der Waals surface area (Å²) >= 11 is 0. The summed E-state index contributed by atoms with van der Waals surface area (Å²) in [6.07, 6.45) is 1.35. The molecule has 3 atom stereocenters. The van der Waals surface area contributed by atoms with Crippen molar-refractivity contribution in [3.8, 4) is 0 Å². The van der Waals surface area contributed by atoms with Crippen LogP contribution in [0.15, 0.2) is 30.3 Å². The molecular weight excluding hydrogens is 228 g/mol. The fraction of sp³-hybridized carbons (Fsp3) is 0.429. The number of carbonyl (C=O) groups is 2. The van der Waals surface area contributed by atoms with E-state index in [2.05, 4.69) is 17.4 Å². The summed E-state index contributed by atoms with van der Waals surface area (Å²) in [6.45, 7) is 0. The monoisotopic (exact) mass is 244 g/mol. The van der Waals surface area contributed by atoms with E-state index in [-0.39, 0.29) is 17.9 Å². The number of hydrogen-bond donors (Lipinski definition) is 1. The number of carbonyl (C=O) groups excluding carboxylic acids is 2. The lowest BCUT2D eigenvalue weighted by Gasteiger charge is -2.10. The van der Waals surface area contributed by atoms with Crippen LogP contribution in [0, 0.1) is 0 Å². The number of hydrogen-bond acceptors (Lipinski definition) is 3. The molecule has 3 rings (SSSR count). The molecule has 3 unspecified atom stereocenters. The van der Waals surface area contributed by atoms with E-state index >= 15 is 0 Å². The quantitative estimate of drug-likeness (QED) is 0.803. The molecule has 0 bridgehead atoms. The number of likely N-dealkylation sites (N-methyl/N-ethyl adjacent to an activating group) is 1. The second-order valence-electron chi connectivity index (χ2n) is 5.07. The smallest absolute Gasteiger partial charge is 0.246 e. The predicted molar refractivity (Wildman–Crippen MR) is 66.9 cm³/mol. The average molecular weight is 244 g/mol. The summed E-state index contributed by atoms with van der Waals surface area (Å²) in [5.74, 6) is 0.299. The zero-order chi connectivity index (χ0) is 12.7. The summed E-state index contributed by atoms with van der Waals surface area (Å²) in [6, 6.07) is 10.3. The SMILES string of the molecule is CN1C(=O)CC(NC2CC2c2ccccc2)C1=O. The van der Waals surface area contributed by atoms with Crippen LogP contribution in [0.4, 0.5) is 0 Å². The first-order valence-corrected chi connectivity index (χ1v) is 6.28. The number of rotatable bonds is 3. The fourth-order valence-electron chi connectivity index (χ4n) is 2.59. The molecule has 94 valence electrons. The Hall–Kier alpha value is -1.68. The zero-order valence-corrected chi connectivity index (χ0v) is 10.3. The zero-order valence-electron chi connectivity index (χ0n) is 10.3. The second kappa shape index (κ2) is 4.21. The van der Waals surface area contributed by atoms with Crippen LogP contribution in [0.25, 0.3) is 0 Å². The first-order chi connectivity index (χ1) is 8.66. The van der Waals surface area contributed by atoms with Crippen molar-refractivity contribution in [1.82, 2.24) is 10.2 Å². The van der Waals surface area contributed by atoms with Crippen molar-refractivity contribution in [2.75, 3.05) is 7.05 Å². The second-order valence-corrected chi connectivity index (χ2v) is 5.07. The van der Waals surface area contributed by atoms with Gasteiger partial charge in [0.05, 0.1) is 12.5 Å². The third kappa shape index (κ3) is 1.93. The lowest BCUT2D eigenvalue weighted by Crippen LogP contribution is -2.38. The molecule has 2 amide bonds. The van der Waals surface area contributed by atoms with Gasteiger partial charge in [-0.15, -0.1) is 0 Å². The maximum atomic E-state index is 11.8. The molecule has 4 nitrogen and oxygen atoms in total. The number of amides is 2. The van der Waals surface area contributed by atoms with Gasteiger partial charge in [-0.3, -0.25) is 14.5 Å². The lowest BCUT2D eigenvalue weighted by atomic mass is 10.1. The lowest BCUT2D eigenvalue weighted by molar-refractivity contribution is -0.137. The van der Waals surface area contributed by atoms with Crippen LogP contribution in [0.1, 0.15) is 24.3 Å². The number of likely N-dealkylation sites (tertiary alicyclic amines) is 1. The molecule has 18 heavy (non-hydrogen) atoms. The average Bonchev–Trinajstić information content (AvgIpc) is 3.11. The molecule has 1 saturated heterocycles. The van der Waals surface area contributed by atoms with Gasteiger partial charge in [0.1, 0.15) is 0 Å². The van der Waals surface area contributed by atoms with E-state index < -0.39 is 0 Å².